The largest absolute Gasteiger partial charge is 0.478 e. The zero-order valence-electron chi connectivity index (χ0n) is 10.6. The SMILES string of the molecule is CC(C)(C)OC(=O)Nc1c(F)ccc(F)c1C(=O)O. The van der Waals surface area contributed by atoms with E-state index in [1.54, 1.807) is 20.8 Å². The standard InChI is InChI=1S/C12H13F2NO4/c1-12(2,3)19-11(18)15-9-7(14)5-4-6(13)8(9)10(16)17/h4-5H,1-3H3,(H,15,18)(H,16,17). The van der Waals surface area contributed by atoms with E-state index in [1.807, 2.05) is 5.32 Å². The van der Waals surface area contributed by atoms with Crippen LogP contribution < -0.4 is 5.32 Å². The van der Waals surface area contributed by atoms with Gasteiger partial charge < -0.3 is 9.84 Å². The van der Waals surface area contributed by atoms with Crippen LogP contribution in [0.25, 0.3) is 0 Å². The van der Waals surface area contributed by atoms with Gasteiger partial charge in [-0.1, -0.05) is 0 Å². The van der Waals surface area contributed by atoms with Crippen LogP contribution in [0.5, 0.6) is 0 Å². The molecule has 1 aromatic rings. The summed E-state index contributed by atoms with van der Waals surface area (Å²) >= 11 is 0. The number of benzene rings is 1. The first-order chi connectivity index (χ1) is 8.61. The van der Waals surface area contributed by atoms with Crippen molar-refractivity contribution in [1.29, 1.82) is 0 Å². The molecule has 0 atom stereocenters. The first kappa shape index (κ1) is 14.9. The predicted molar refractivity (Wildman–Crippen MR) is 63.2 cm³/mol. The first-order valence-corrected chi connectivity index (χ1v) is 5.33. The number of carboxylic acid groups (broad SMARTS) is 1. The Labute approximate surface area is 108 Å². The summed E-state index contributed by atoms with van der Waals surface area (Å²) in [5.41, 5.74) is -2.57. The number of ether oxygens (including phenoxy) is 1. The molecule has 0 saturated carbocycles. The molecule has 0 heterocycles. The molecule has 0 spiro atoms. The van der Waals surface area contributed by atoms with Crippen LogP contribution in [0.2, 0.25) is 0 Å². The van der Waals surface area contributed by atoms with Gasteiger partial charge in [-0.3, -0.25) is 5.32 Å². The molecule has 0 radical (unpaired) electrons. The number of anilines is 1. The van der Waals surface area contributed by atoms with Crippen LogP contribution >= 0.6 is 0 Å². The Morgan fingerprint density at radius 2 is 1.74 bits per heavy atom. The van der Waals surface area contributed by atoms with E-state index in [2.05, 4.69) is 0 Å². The predicted octanol–water partition coefficient (Wildman–Crippen LogP) is 3.01. The second kappa shape index (κ2) is 5.21. The summed E-state index contributed by atoms with van der Waals surface area (Å²) in [6.45, 7) is 4.73. The minimum absolute atomic E-state index is 0.666. The summed E-state index contributed by atoms with van der Waals surface area (Å²) in [5.74, 6) is -3.91. The summed E-state index contributed by atoms with van der Waals surface area (Å²) in [5, 5.41) is 10.7. The maximum absolute atomic E-state index is 13.5. The minimum atomic E-state index is -1.69. The molecule has 0 aromatic heterocycles. The Bertz CT molecular complexity index is 523. The third kappa shape index (κ3) is 3.90. The van der Waals surface area contributed by atoms with Crippen LogP contribution in [0.3, 0.4) is 0 Å². The van der Waals surface area contributed by atoms with Gasteiger partial charge in [0.15, 0.2) is 0 Å². The number of hydrogen-bond acceptors (Lipinski definition) is 3. The molecule has 1 amide bonds. The number of carbonyl (C=O) groups excluding carboxylic acids is 1. The summed E-state index contributed by atoms with van der Waals surface area (Å²) in [4.78, 5) is 22.3. The number of hydrogen-bond donors (Lipinski definition) is 2. The van der Waals surface area contributed by atoms with Gasteiger partial charge >= 0.3 is 12.1 Å². The summed E-state index contributed by atoms with van der Waals surface area (Å²) in [6, 6.07) is 1.38. The number of rotatable bonds is 2. The molecular formula is C12H13F2NO4. The Morgan fingerprint density at radius 3 is 2.21 bits per heavy atom. The molecule has 104 valence electrons. The van der Waals surface area contributed by atoms with Crippen molar-refractivity contribution in [3.05, 3.63) is 29.3 Å². The van der Waals surface area contributed by atoms with Gasteiger partial charge in [0.25, 0.3) is 0 Å². The summed E-state index contributed by atoms with van der Waals surface area (Å²) < 4.78 is 31.7. The monoisotopic (exact) mass is 273 g/mol. The van der Waals surface area contributed by atoms with Gasteiger partial charge in [-0.05, 0) is 32.9 Å². The van der Waals surface area contributed by atoms with Crippen LogP contribution in [-0.2, 0) is 4.74 Å². The molecule has 5 nitrogen and oxygen atoms in total. The van der Waals surface area contributed by atoms with Gasteiger partial charge in [0.05, 0.1) is 5.69 Å². The van der Waals surface area contributed by atoms with Crippen LogP contribution in [0.1, 0.15) is 31.1 Å². The lowest BCUT2D eigenvalue weighted by Gasteiger charge is -2.20. The van der Waals surface area contributed by atoms with E-state index >= 15 is 0 Å². The molecule has 19 heavy (non-hydrogen) atoms. The van der Waals surface area contributed by atoms with Crippen LogP contribution in [0, 0.1) is 11.6 Å². The van der Waals surface area contributed by atoms with Crippen molar-refractivity contribution in [2.75, 3.05) is 5.32 Å². The van der Waals surface area contributed by atoms with Crippen LogP contribution in [0.15, 0.2) is 12.1 Å². The molecule has 0 fully saturated rings. The zero-order valence-corrected chi connectivity index (χ0v) is 10.6. The second-order valence-corrected chi connectivity index (χ2v) is 4.71. The van der Waals surface area contributed by atoms with Gasteiger partial charge in [-0.15, -0.1) is 0 Å². The molecule has 0 aliphatic carbocycles. The fourth-order valence-corrected chi connectivity index (χ4v) is 1.29. The number of aromatic carboxylic acids is 1. The molecule has 0 saturated heterocycles. The van der Waals surface area contributed by atoms with E-state index < -0.39 is 40.5 Å². The van der Waals surface area contributed by atoms with E-state index in [0.717, 1.165) is 0 Å². The van der Waals surface area contributed by atoms with Gasteiger partial charge in [0.2, 0.25) is 0 Å². The summed E-state index contributed by atoms with van der Waals surface area (Å²) in [7, 11) is 0. The van der Waals surface area contributed by atoms with Gasteiger partial charge in [-0.25, -0.2) is 18.4 Å². The molecule has 1 aromatic carbocycles. The van der Waals surface area contributed by atoms with E-state index in [-0.39, 0.29) is 0 Å². The lowest BCUT2D eigenvalue weighted by Crippen LogP contribution is -2.28. The molecular weight excluding hydrogens is 260 g/mol. The molecule has 7 heteroatoms. The summed E-state index contributed by atoms with van der Waals surface area (Å²) in [6.07, 6.45) is -1.07. The smallest absolute Gasteiger partial charge is 0.412 e. The van der Waals surface area contributed by atoms with Gasteiger partial charge in [-0.2, -0.15) is 0 Å². The van der Waals surface area contributed by atoms with Crippen LogP contribution in [-0.4, -0.2) is 22.8 Å². The molecule has 2 N–H and O–H groups in total. The van der Waals surface area contributed by atoms with Gasteiger partial charge in [0, 0.05) is 0 Å². The Kier molecular flexibility index (Phi) is 4.08. The van der Waals surface area contributed by atoms with Crippen molar-refractivity contribution in [1.82, 2.24) is 0 Å². The van der Waals surface area contributed by atoms with Gasteiger partial charge in [0.1, 0.15) is 22.8 Å². The van der Waals surface area contributed by atoms with Crippen molar-refractivity contribution in [3.8, 4) is 0 Å². The fourth-order valence-electron chi connectivity index (χ4n) is 1.29. The van der Waals surface area contributed by atoms with Crippen molar-refractivity contribution in [2.24, 2.45) is 0 Å². The van der Waals surface area contributed by atoms with Crippen molar-refractivity contribution in [2.45, 2.75) is 26.4 Å². The van der Waals surface area contributed by atoms with Crippen LogP contribution in [0.4, 0.5) is 19.3 Å². The molecule has 0 unspecified atom stereocenters. The second-order valence-electron chi connectivity index (χ2n) is 4.71. The Hall–Kier alpha value is -2.18. The lowest BCUT2D eigenvalue weighted by molar-refractivity contribution is 0.0635. The number of carboxylic acids is 1. The van der Waals surface area contributed by atoms with E-state index in [4.69, 9.17) is 9.84 Å². The number of carbonyl (C=O) groups is 2. The number of amides is 1. The minimum Gasteiger partial charge on any atom is -0.478 e. The molecule has 0 bridgehead atoms. The fraction of sp³-hybridized carbons (Fsp3) is 0.333. The number of halogens is 2. The molecule has 1 rings (SSSR count). The highest BCUT2D eigenvalue weighted by Gasteiger charge is 2.24. The quantitative estimate of drug-likeness (QED) is 0.868. The highest BCUT2D eigenvalue weighted by Crippen LogP contribution is 2.24. The van der Waals surface area contributed by atoms with E-state index in [0.29, 0.717) is 12.1 Å². The highest BCUT2D eigenvalue weighted by atomic mass is 19.1. The molecule has 0 aliphatic heterocycles. The topological polar surface area (TPSA) is 75.6 Å². The number of nitrogens with one attached hydrogen (secondary N) is 1. The lowest BCUT2D eigenvalue weighted by atomic mass is 10.1. The average molecular weight is 273 g/mol. The first-order valence-electron chi connectivity index (χ1n) is 5.33. The van der Waals surface area contributed by atoms with E-state index in [1.165, 1.54) is 0 Å². The highest BCUT2D eigenvalue weighted by molar-refractivity contribution is 5.99. The Morgan fingerprint density at radius 1 is 1.21 bits per heavy atom. The molecule has 0 aliphatic rings. The Balaban J connectivity index is 3.10. The van der Waals surface area contributed by atoms with Crippen molar-refractivity contribution in [3.63, 3.8) is 0 Å². The maximum Gasteiger partial charge on any atom is 0.412 e. The van der Waals surface area contributed by atoms with Crippen molar-refractivity contribution < 1.29 is 28.2 Å². The van der Waals surface area contributed by atoms with E-state index in [9.17, 15) is 18.4 Å². The normalized spacial score (nSPS) is 11.0. The van der Waals surface area contributed by atoms with Crippen molar-refractivity contribution >= 4 is 17.7 Å². The third-order valence-corrected chi connectivity index (χ3v) is 1.94. The zero-order chi connectivity index (χ0) is 14.8. The average Bonchev–Trinajstić information content (AvgIpc) is 2.20. The third-order valence-electron chi connectivity index (χ3n) is 1.94. The maximum atomic E-state index is 13.5.